The third-order valence-electron chi connectivity index (χ3n) is 2.67. The summed E-state index contributed by atoms with van der Waals surface area (Å²) in [6.07, 6.45) is 0. The first kappa shape index (κ1) is 11.9. The average molecular weight is 250 g/mol. The number of aryl methyl sites for hydroxylation is 1. The highest BCUT2D eigenvalue weighted by atomic mass is 32.1. The van der Waals surface area contributed by atoms with Gasteiger partial charge in [-0.15, -0.1) is 11.3 Å². The normalized spacial score (nSPS) is 12.4. The number of halogens is 1. The summed E-state index contributed by atoms with van der Waals surface area (Å²) in [4.78, 5) is 1.23. The molecule has 0 fully saturated rings. The van der Waals surface area contributed by atoms with Crippen molar-refractivity contribution in [3.8, 4) is 0 Å². The maximum absolute atomic E-state index is 13.3. The van der Waals surface area contributed by atoms with Crippen LogP contribution in [0, 0.1) is 12.7 Å². The molecule has 0 spiro atoms. The molecule has 1 unspecified atom stereocenters. The molecule has 0 amide bonds. The summed E-state index contributed by atoms with van der Waals surface area (Å²) in [5, 5.41) is 5.33. The third-order valence-corrected chi connectivity index (χ3v) is 3.73. The number of hydrogen-bond acceptors (Lipinski definition) is 3. The summed E-state index contributed by atoms with van der Waals surface area (Å²) in [5.74, 6) is -0.267. The molecule has 2 nitrogen and oxygen atoms in total. The first-order valence-electron chi connectivity index (χ1n) is 5.43. The van der Waals surface area contributed by atoms with Gasteiger partial charge in [-0.25, -0.2) is 4.39 Å². The Labute approximate surface area is 104 Å². The van der Waals surface area contributed by atoms with E-state index in [0.29, 0.717) is 11.3 Å². The van der Waals surface area contributed by atoms with E-state index in [1.807, 2.05) is 11.4 Å². The number of thiophene rings is 1. The minimum Gasteiger partial charge on any atom is -0.397 e. The number of nitrogens with one attached hydrogen (secondary N) is 1. The lowest BCUT2D eigenvalue weighted by molar-refractivity contribution is 0.619. The van der Waals surface area contributed by atoms with E-state index < -0.39 is 0 Å². The van der Waals surface area contributed by atoms with Gasteiger partial charge in [0.1, 0.15) is 5.82 Å². The van der Waals surface area contributed by atoms with Gasteiger partial charge in [0.25, 0.3) is 0 Å². The maximum Gasteiger partial charge on any atom is 0.128 e. The van der Waals surface area contributed by atoms with E-state index in [9.17, 15) is 4.39 Å². The summed E-state index contributed by atoms with van der Waals surface area (Å²) in [6.45, 7) is 3.79. The summed E-state index contributed by atoms with van der Waals surface area (Å²) in [5.41, 5.74) is 7.61. The molecule has 90 valence electrons. The molecule has 3 N–H and O–H groups in total. The Morgan fingerprint density at radius 1 is 1.41 bits per heavy atom. The van der Waals surface area contributed by atoms with Crippen molar-refractivity contribution in [3.05, 3.63) is 45.9 Å². The van der Waals surface area contributed by atoms with Gasteiger partial charge < -0.3 is 11.1 Å². The molecule has 0 aliphatic carbocycles. The average Bonchev–Trinajstić information content (AvgIpc) is 2.79. The summed E-state index contributed by atoms with van der Waals surface area (Å²) >= 11 is 1.69. The lowest BCUT2D eigenvalue weighted by Crippen LogP contribution is -2.07. The molecular weight excluding hydrogens is 235 g/mol. The monoisotopic (exact) mass is 250 g/mol. The van der Waals surface area contributed by atoms with Gasteiger partial charge in [-0.05, 0) is 43.0 Å². The Kier molecular flexibility index (Phi) is 3.33. The van der Waals surface area contributed by atoms with Crippen molar-refractivity contribution < 1.29 is 4.39 Å². The van der Waals surface area contributed by atoms with Crippen molar-refractivity contribution in [2.24, 2.45) is 0 Å². The van der Waals surface area contributed by atoms with E-state index in [2.05, 4.69) is 18.3 Å². The fourth-order valence-electron chi connectivity index (χ4n) is 1.66. The molecule has 0 aliphatic heterocycles. The van der Waals surface area contributed by atoms with Crippen molar-refractivity contribution >= 4 is 22.7 Å². The predicted octanol–water partition coefficient (Wildman–Crippen LogP) is 3.95. The van der Waals surface area contributed by atoms with E-state index in [1.54, 1.807) is 24.3 Å². The van der Waals surface area contributed by atoms with Crippen LogP contribution in [0.25, 0.3) is 0 Å². The highest BCUT2D eigenvalue weighted by Gasteiger charge is 2.10. The molecule has 1 atom stereocenters. The Bertz CT molecular complexity index is 508. The zero-order valence-electron chi connectivity index (χ0n) is 9.83. The van der Waals surface area contributed by atoms with Crippen molar-refractivity contribution in [1.29, 1.82) is 0 Å². The van der Waals surface area contributed by atoms with E-state index in [0.717, 1.165) is 5.69 Å². The van der Waals surface area contributed by atoms with Crippen LogP contribution in [0.5, 0.6) is 0 Å². The van der Waals surface area contributed by atoms with E-state index in [1.165, 1.54) is 10.9 Å². The quantitative estimate of drug-likeness (QED) is 0.809. The number of nitrogen functional groups attached to an aromatic ring is 1. The van der Waals surface area contributed by atoms with Gasteiger partial charge >= 0.3 is 0 Å². The maximum atomic E-state index is 13.3. The zero-order chi connectivity index (χ0) is 12.4. The van der Waals surface area contributed by atoms with Crippen LogP contribution >= 0.6 is 11.3 Å². The standard InChI is InChI=1S/C13H15FN2S/c1-8-6-12(11(15)7-10(8)14)16-9(2)13-4-3-5-17-13/h3-7,9,16H,15H2,1-2H3. The van der Waals surface area contributed by atoms with E-state index in [-0.39, 0.29) is 11.9 Å². The lowest BCUT2D eigenvalue weighted by atomic mass is 10.1. The van der Waals surface area contributed by atoms with Gasteiger partial charge in [0, 0.05) is 4.88 Å². The molecule has 17 heavy (non-hydrogen) atoms. The molecule has 2 rings (SSSR count). The van der Waals surface area contributed by atoms with E-state index in [4.69, 9.17) is 5.73 Å². The molecule has 0 saturated carbocycles. The van der Waals surface area contributed by atoms with Crippen LogP contribution in [0.15, 0.2) is 29.6 Å². The van der Waals surface area contributed by atoms with Gasteiger partial charge in [0.2, 0.25) is 0 Å². The van der Waals surface area contributed by atoms with Crippen LogP contribution in [0.3, 0.4) is 0 Å². The largest absolute Gasteiger partial charge is 0.397 e. The third kappa shape index (κ3) is 2.58. The number of benzene rings is 1. The van der Waals surface area contributed by atoms with Crippen molar-refractivity contribution in [2.45, 2.75) is 19.9 Å². The van der Waals surface area contributed by atoms with Crippen LogP contribution < -0.4 is 11.1 Å². The second-order valence-corrected chi connectivity index (χ2v) is 5.05. The highest BCUT2D eigenvalue weighted by molar-refractivity contribution is 7.10. The van der Waals surface area contributed by atoms with Crippen LogP contribution in [-0.4, -0.2) is 0 Å². The number of nitrogens with two attached hydrogens (primary N) is 1. The minimum atomic E-state index is -0.267. The SMILES string of the molecule is Cc1cc(NC(C)c2cccs2)c(N)cc1F. The Hall–Kier alpha value is -1.55. The fraction of sp³-hybridized carbons (Fsp3) is 0.231. The molecule has 1 aromatic carbocycles. The molecule has 1 aromatic heterocycles. The van der Waals surface area contributed by atoms with Gasteiger partial charge in [0.05, 0.1) is 17.4 Å². The minimum absolute atomic E-state index is 0.169. The zero-order valence-corrected chi connectivity index (χ0v) is 10.6. The van der Waals surface area contributed by atoms with Crippen LogP contribution in [-0.2, 0) is 0 Å². The first-order valence-corrected chi connectivity index (χ1v) is 6.31. The van der Waals surface area contributed by atoms with Gasteiger partial charge in [-0.2, -0.15) is 0 Å². The summed E-state index contributed by atoms with van der Waals surface area (Å²) < 4.78 is 13.3. The number of rotatable bonds is 3. The fourth-order valence-corrected chi connectivity index (χ4v) is 2.40. The summed E-state index contributed by atoms with van der Waals surface area (Å²) in [6, 6.07) is 7.35. The lowest BCUT2D eigenvalue weighted by Gasteiger charge is -2.16. The van der Waals surface area contributed by atoms with Crippen LogP contribution in [0.1, 0.15) is 23.4 Å². The van der Waals surface area contributed by atoms with Crippen molar-refractivity contribution in [3.63, 3.8) is 0 Å². The van der Waals surface area contributed by atoms with Crippen LogP contribution in [0.2, 0.25) is 0 Å². The van der Waals surface area contributed by atoms with Gasteiger partial charge in [-0.3, -0.25) is 0 Å². The Morgan fingerprint density at radius 2 is 2.18 bits per heavy atom. The second kappa shape index (κ2) is 4.75. The molecule has 0 radical (unpaired) electrons. The molecule has 0 aliphatic rings. The Morgan fingerprint density at radius 3 is 2.82 bits per heavy atom. The molecule has 1 heterocycles. The van der Waals surface area contributed by atoms with Gasteiger partial charge in [0.15, 0.2) is 0 Å². The smallest absolute Gasteiger partial charge is 0.128 e. The predicted molar refractivity (Wildman–Crippen MR) is 71.9 cm³/mol. The highest BCUT2D eigenvalue weighted by Crippen LogP contribution is 2.28. The van der Waals surface area contributed by atoms with Gasteiger partial charge in [-0.1, -0.05) is 6.07 Å². The Balaban J connectivity index is 2.22. The molecule has 4 heteroatoms. The topological polar surface area (TPSA) is 38.0 Å². The molecule has 2 aromatic rings. The first-order chi connectivity index (χ1) is 8.08. The van der Waals surface area contributed by atoms with Crippen LogP contribution in [0.4, 0.5) is 15.8 Å². The molecule has 0 bridgehead atoms. The summed E-state index contributed by atoms with van der Waals surface area (Å²) in [7, 11) is 0. The van der Waals surface area contributed by atoms with E-state index >= 15 is 0 Å². The van der Waals surface area contributed by atoms with Crippen molar-refractivity contribution in [2.75, 3.05) is 11.1 Å². The second-order valence-electron chi connectivity index (χ2n) is 4.07. The van der Waals surface area contributed by atoms with Crippen molar-refractivity contribution in [1.82, 2.24) is 0 Å². The number of hydrogen-bond donors (Lipinski definition) is 2. The number of anilines is 2. The molecule has 0 saturated heterocycles. The molecular formula is C13H15FN2S.